The zero-order valence-corrected chi connectivity index (χ0v) is 16.7. The Morgan fingerprint density at radius 3 is 2.76 bits per heavy atom. The van der Waals surface area contributed by atoms with E-state index in [0.717, 1.165) is 30.3 Å². The molecule has 1 aromatic heterocycles. The number of amides is 1. The molecule has 0 aromatic carbocycles. The molecule has 1 aliphatic rings. The van der Waals surface area contributed by atoms with E-state index in [1.165, 1.54) is 35.9 Å². The highest BCUT2D eigenvalue weighted by Crippen LogP contribution is 2.19. The number of rotatable bonds is 6. The van der Waals surface area contributed by atoms with Crippen molar-refractivity contribution in [3.63, 3.8) is 0 Å². The van der Waals surface area contributed by atoms with Crippen LogP contribution in [-0.2, 0) is 20.7 Å². The van der Waals surface area contributed by atoms with Gasteiger partial charge in [0.1, 0.15) is 4.32 Å². The third kappa shape index (κ3) is 7.29. The summed E-state index contributed by atoms with van der Waals surface area (Å²) in [5.41, 5.74) is 0.603. The molecule has 2 heterocycles. The number of carbonyl (C=O) groups is 2. The van der Waals surface area contributed by atoms with E-state index >= 15 is 0 Å². The van der Waals surface area contributed by atoms with Crippen LogP contribution in [0.5, 0.6) is 0 Å². The number of esters is 1. The lowest BCUT2D eigenvalue weighted by Crippen LogP contribution is -2.29. The normalized spacial score (nSPS) is 14.7. The molecule has 6 nitrogen and oxygen atoms in total. The maximum atomic E-state index is 12.1. The Balaban J connectivity index is 1.73. The molecule has 1 saturated heterocycles. The predicted molar refractivity (Wildman–Crippen MR) is 106 cm³/mol. The van der Waals surface area contributed by atoms with E-state index < -0.39 is 0 Å². The van der Waals surface area contributed by atoms with Crippen LogP contribution in [0.1, 0.15) is 38.3 Å². The van der Waals surface area contributed by atoms with Crippen molar-refractivity contribution < 1.29 is 14.3 Å². The molecule has 0 bridgehead atoms. The van der Waals surface area contributed by atoms with Gasteiger partial charge in [0, 0.05) is 18.5 Å². The number of hydrogen-bond acceptors (Lipinski definition) is 7. The highest BCUT2D eigenvalue weighted by Gasteiger charge is 2.15. The first-order valence-electron chi connectivity index (χ1n) is 8.40. The molecule has 1 aliphatic heterocycles. The van der Waals surface area contributed by atoms with Crippen LogP contribution < -0.4 is 5.32 Å². The molecule has 25 heavy (non-hydrogen) atoms. The van der Waals surface area contributed by atoms with Crippen molar-refractivity contribution in [3.8, 4) is 0 Å². The summed E-state index contributed by atoms with van der Waals surface area (Å²) in [6, 6.07) is 0. The van der Waals surface area contributed by atoms with Gasteiger partial charge in [0.2, 0.25) is 5.91 Å². The van der Waals surface area contributed by atoms with Crippen LogP contribution in [0, 0.1) is 0 Å². The Labute approximate surface area is 161 Å². The van der Waals surface area contributed by atoms with Crippen LogP contribution in [0.2, 0.25) is 0 Å². The fourth-order valence-corrected chi connectivity index (χ4v) is 4.21. The zero-order valence-electron chi connectivity index (χ0n) is 14.3. The number of hydrogen-bond donors (Lipinski definition) is 1. The zero-order chi connectivity index (χ0) is 18.1. The summed E-state index contributed by atoms with van der Waals surface area (Å²) in [4.78, 5) is 29.9. The maximum Gasteiger partial charge on any atom is 0.311 e. The molecule has 1 fully saturated rings. The molecular weight excluding hydrogens is 378 g/mol. The van der Waals surface area contributed by atoms with E-state index in [1.54, 1.807) is 12.3 Å². The number of anilines is 1. The molecule has 138 valence electrons. The first kappa shape index (κ1) is 20.1. The summed E-state index contributed by atoms with van der Waals surface area (Å²) in [6.07, 6.45) is 4.95. The van der Waals surface area contributed by atoms with Gasteiger partial charge in [-0.1, -0.05) is 36.8 Å². The molecule has 0 atom stereocenters. The van der Waals surface area contributed by atoms with E-state index in [9.17, 15) is 9.59 Å². The predicted octanol–water partition coefficient (Wildman–Crippen LogP) is 3.08. The number of carbonyl (C=O) groups excluding carboxylic acids is 2. The SMILES string of the molecule is CCOC(=O)Cc1csc(NC(=O)CSC(=S)N2CCCCCC2)n1. The van der Waals surface area contributed by atoms with Gasteiger partial charge in [-0.15, -0.1) is 11.3 Å². The number of nitrogens with zero attached hydrogens (tertiary/aromatic N) is 2. The minimum absolute atomic E-state index is 0.119. The summed E-state index contributed by atoms with van der Waals surface area (Å²) in [7, 11) is 0. The second-order valence-electron chi connectivity index (χ2n) is 5.63. The van der Waals surface area contributed by atoms with Gasteiger partial charge >= 0.3 is 5.97 Å². The van der Waals surface area contributed by atoms with Gasteiger partial charge in [0.05, 0.1) is 24.5 Å². The quantitative estimate of drug-likeness (QED) is 0.580. The van der Waals surface area contributed by atoms with Gasteiger partial charge in [0.25, 0.3) is 0 Å². The summed E-state index contributed by atoms with van der Waals surface area (Å²) in [5, 5.41) is 5.00. The van der Waals surface area contributed by atoms with E-state index in [1.807, 2.05) is 0 Å². The largest absolute Gasteiger partial charge is 0.466 e. The molecule has 0 saturated carbocycles. The average Bonchev–Trinajstić information content (AvgIpc) is 2.84. The lowest BCUT2D eigenvalue weighted by molar-refractivity contribution is -0.142. The third-order valence-electron chi connectivity index (χ3n) is 3.62. The summed E-state index contributed by atoms with van der Waals surface area (Å²) in [5.74, 6) is -0.189. The van der Waals surface area contributed by atoms with E-state index in [0.29, 0.717) is 17.4 Å². The molecule has 0 spiro atoms. The monoisotopic (exact) mass is 401 g/mol. The fraction of sp³-hybridized carbons (Fsp3) is 0.625. The molecule has 0 unspecified atom stereocenters. The van der Waals surface area contributed by atoms with Crippen LogP contribution in [0.3, 0.4) is 0 Å². The average molecular weight is 402 g/mol. The Bertz CT molecular complexity index is 598. The molecule has 0 radical (unpaired) electrons. The minimum atomic E-state index is -0.316. The number of aromatic nitrogens is 1. The molecule has 9 heteroatoms. The van der Waals surface area contributed by atoms with E-state index in [-0.39, 0.29) is 24.1 Å². The van der Waals surface area contributed by atoms with Crippen LogP contribution in [0.15, 0.2) is 5.38 Å². The Hall–Kier alpha value is -1.19. The number of thioether (sulfide) groups is 1. The summed E-state index contributed by atoms with van der Waals surface area (Å²) in [6.45, 7) is 4.08. The van der Waals surface area contributed by atoms with Crippen LogP contribution >= 0.6 is 35.3 Å². The highest BCUT2D eigenvalue weighted by atomic mass is 32.2. The van der Waals surface area contributed by atoms with Gasteiger partial charge in [-0.25, -0.2) is 4.98 Å². The summed E-state index contributed by atoms with van der Waals surface area (Å²) >= 11 is 8.13. The molecule has 1 aromatic rings. The van der Waals surface area contributed by atoms with Crippen LogP contribution in [-0.4, -0.2) is 51.5 Å². The summed E-state index contributed by atoms with van der Waals surface area (Å²) < 4.78 is 5.67. The van der Waals surface area contributed by atoms with Gasteiger partial charge in [-0.3, -0.25) is 9.59 Å². The van der Waals surface area contributed by atoms with Gasteiger partial charge < -0.3 is 15.0 Å². The number of ether oxygens (including phenoxy) is 1. The lowest BCUT2D eigenvalue weighted by Gasteiger charge is -2.22. The molecular formula is C16H23N3O3S3. The standard InChI is InChI=1S/C16H23N3O3S3/c1-2-22-14(21)9-12-10-24-15(17-12)18-13(20)11-25-16(23)19-7-5-3-4-6-8-19/h10H,2-9,11H2,1H3,(H,17,18,20). The van der Waals surface area contributed by atoms with E-state index in [4.69, 9.17) is 17.0 Å². The van der Waals surface area contributed by atoms with Gasteiger partial charge in [-0.2, -0.15) is 0 Å². The molecule has 1 N–H and O–H groups in total. The van der Waals surface area contributed by atoms with Crippen molar-refractivity contribution in [1.29, 1.82) is 0 Å². The number of thiocarbonyl (C=S) groups is 1. The molecule has 2 rings (SSSR count). The number of nitrogens with one attached hydrogen (secondary N) is 1. The highest BCUT2D eigenvalue weighted by molar-refractivity contribution is 8.23. The van der Waals surface area contributed by atoms with Crippen molar-refractivity contribution >= 4 is 56.6 Å². The topological polar surface area (TPSA) is 71.5 Å². The first-order valence-corrected chi connectivity index (χ1v) is 10.7. The second-order valence-corrected chi connectivity index (χ2v) is 8.10. The number of thiazole rings is 1. The molecule has 0 aliphatic carbocycles. The van der Waals surface area contributed by atoms with Crippen LogP contribution in [0.25, 0.3) is 0 Å². The Morgan fingerprint density at radius 1 is 1.36 bits per heavy atom. The maximum absolute atomic E-state index is 12.1. The molecule has 1 amide bonds. The van der Waals surface area contributed by atoms with Crippen molar-refractivity contribution in [1.82, 2.24) is 9.88 Å². The minimum Gasteiger partial charge on any atom is -0.466 e. The Kier molecular flexibility index (Phi) is 8.63. The van der Waals surface area contributed by atoms with Crippen molar-refractivity contribution in [2.75, 3.05) is 30.8 Å². The lowest BCUT2D eigenvalue weighted by atomic mass is 10.2. The van der Waals surface area contributed by atoms with Crippen molar-refractivity contribution in [2.24, 2.45) is 0 Å². The first-order chi connectivity index (χ1) is 12.1. The van der Waals surface area contributed by atoms with Gasteiger partial charge in [0.15, 0.2) is 5.13 Å². The number of likely N-dealkylation sites (tertiary alicyclic amines) is 1. The fourth-order valence-electron chi connectivity index (χ4n) is 2.43. The smallest absolute Gasteiger partial charge is 0.311 e. The Morgan fingerprint density at radius 2 is 2.08 bits per heavy atom. The second kappa shape index (κ2) is 10.7. The van der Waals surface area contributed by atoms with Crippen molar-refractivity contribution in [3.05, 3.63) is 11.1 Å². The van der Waals surface area contributed by atoms with E-state index in [2.05, 4.69) is 15.2 Å². The van der Waals surface area contributed by atoms with Crippen LogP contribution in [0.4, 0.5) is 5.13 Å². The third-order valence-corrected chi connectivity index (χ3v) is 5.95. The van der Waals surface area contributed by atoms with Crippen molar-refractivity contribution in [2.45, 2.75) is 39.0 Å². The van der Waals surface area contributed by atoms with Gasteiger partial charge in [-0.05, 0) is 19.8 Å².